The number of aliphatic hydroxyl groups excluding tert-OH is 1. The van der Waals surface area contributed by atoms with Gasteiger partial charge in [0.15, 0.2) is 0 Å². The largest absolute Gasteiger partial charge is 0.392 e. The van der Waals surface area contributed by atoms with Gasteiger partial charge in [-0.15, -0.1) is 0 Å². The average Bonchev–Trinajstić information content (AvgIpc) is 3.38. The second-order valence-corrected chi connectivity index (χ2v) is 12.4. The lowest BCUT2D eigenvalue weighted by Crippen LogP contribution is -2.37. The average molecular weight is 623 g/mol. The first kappa shape index (κ1) is 28.5. The molecule has 3 heterocycles. The lowest BCUT2D eigenvalue weighted by Gasteiger charge is -2.34. The van der Waals surface area contributed by atoms with Crippen molar-refractivity contribution in [3.05, 3.63) is 118 Å². The van der Waals surface area contributed by atoms with Crippen LogP contribution < -0.4 is 15.9 Å². The molecule has 3 N–H and O–H groups in total. The van der Waals surface area contributed by atoms with Crippen LogP contribution in [0.25, 0.3) is 21.9 Å². The quantitative estimate of drug-likeness (QED) is 0.168. The van der Waals surface area contributed by atoms with E-state index in [2.05, 4.69) is 33.4 Å². The fraction of sp³-hybridized carbons (Fsp3) is 0.206. The van der Waals surface area contributed by atoms with E-state index in [0.717, 1.165) is 74.6 Å². The maximum absolute atomic E-state index is 12.9. The number of piperidine rings is 1. The molecule has 0 radical (unpaired) electrons. The molecule has 0 saturated carbocycles. The smallest absolute Gasteiger partial charge is 0.326 e. The van der Waals surface area contributed by atoms with Crippen LogP contribution in [0.4, 0.5) is 11.8 Å². The number of nitrogens with zero attached hydrogens (tertiary/aromatic N) is 4. The van der Waals surface area contributed by atoms with E-state index in [1.54, 1.807) is 17.8 Å². The van der Waals surface area contributed by atoms with E-state index in [4.69, 9.17) is 21.6 Å². The summed E-state index contributed by atoms with van der Waals surface area (Å²) >= 11 is 7.81. The Bertz CT molecular complexity index is 2020. The van der Waals surface area contributed by atoms with Crippen LogP contribution >= 0.6 is 23.4 Å². The number of aromatic nitrogens is 4. The van der Waals surface area contributed by atoms with Gasteiger partial charge in [0.1, 0.15) is 5.82 Å². The van der Waals surface area contributed by atoms with Gasteiger partial charge in [-0.3, -0.25) is 4.57 Å². The van der Waals surface area contributed by atoms with Crippen molar-refractivity contribution in [1.82, 2.24) is 19.5 Å². The summed E-state index contributed by atoms with van der Waals surface area (Å²) in [6.45, 7) is 2.09. The Morgan fingerprint density at radius 3 is 2.41 bits per heavy atom. The highest BCUT2D eigenvalue weighted by molar-refractivity contribution is 7.99. The van der Waals surface area contributed by atoms with Crippen molar-refractivity contribution in [3.63, 3.8) is 0 Å². The van der Waals surface area contributed by atoms with Crippen LogP contribution in [0.3, 0.4) is 0 Å². The minimum absolute atomic E-state index is 0.00192. The number of nitrogens with one attached hydrogen (secondary N) is 2. The first-order chi connectivity index (χ1) is 21.6. The topological polar surface area (TPSA) is 99.1 Å². The van der Waals surface area contributed by atoms with E-state index in [0.29, 0.717) is 17.5 Å². The number of fused-ring (bicyclic) bond motifs is 2. The Hall–Kier alpha value is -4.31. The molecule has 8 nitrogen and oxygen atoms in total. The molecular formula is C34H31ClN6O2S. The minimum Gasteiger partial charge on any atom is -0.392 e. The third kappa shape index (κ3) is 5.66. The predicted octanol–water partition coefficient (Wildman–Crippen LogP) is 7.02. The van der Waals surface area contributed by atoms with Crippen molar-refractivity contribution < 1.29 is 5.11 Å². The van der Waals surface area contributed by atoms with Crippen LogP contribution in [-0.2, 0) is 13.2 Å². The summed E-state index contributed by atoms with van der Waals surface area (Å²) in [5, 5.41) is 14.9. The second-order valence-electron chi connectivity index (χ2n) is 10.9. The number of aromatic amines is 1. The molecule has 0 amide bonds. The summed E-state index contributed by atoms with van der Waals surface area (Å²) in [4.78, 5) is 30.2. The van der Waals surface area contributed by atoms with Crippen LogP contribution in [0.1, 0.15) is 30.0 Å². The van der Waals surface area contributed by atoms with E-state index in [-0.39, 0.29) is 18.3 Å². The van der Waals surface area contributed by atoms with Gasteiger partial charge in [0.05, 0.1) is 23.2 Å². The van der Waals surface area contributed by atoms with E-state index in [1.165, 1.54) is 0 Å². The molecule has 1 fully saturated rings. The fourth-order valence-electron chi connectivity index (χ4n) is 5.96. The molecule has 7 rings (SSSR count). The molecule has 1 aliphatic heterocycles. The Morgan fingerprint density at radius 1 is 0.909 bits per heavy atom. The molecule has 222 valence electrons. The Labute approximate surface area is 263 Å². The number of rotatable bonds is 8. The molecular weight excluding hydrogens is 592 g/mol. The third-order valence-corrected chi connectivity index (χ3v) is 9.63. The standard InChI is InChI=1S/C34H31ClN6O2S/c35-24-13-14-29-28(19-24)38-34(43)41(29)25-15-17-40(18-16-25)32-26-9-3-4-10-27(26)37-33(39-32)36-20-22-7-1-5-11-30(22)44-31-12-6-2-8-23(31)21-42/h1-14,19,25,42H,15-18,20-21H2,(H,38,43)(H,36,37,39). The lowest BCUT2D eigenvalue weighted by atomic mass is 10.0. The van der Waals surface area contributed by atoms with E-state index >= 15 is 0 Å². The highest BCUT2D eigenvalue weighted by atomic mass is 35.5. The summed E-state index contributed by atoms with van der Waals surface area (Å²) in [6, 6.07) is 29.9. The molecule has 1 aliphatic rings. The number of H-pyrrole nitrogens is 1. The van der Waals surface area contributed by atoms with Gasteiger partial charge in [-0.1, -0.05) is 71.9 Å². The zero-order valence-electron chi connectivity index (χ0n) is 23.9. The molecule has 0 unspecified atom stereocenters. The van der Waals surface area contributed by atoms with Gasteiger partial charge in [0, 0.05) is 45.9 Å². The van der Waals surface area contributed by atoms with Gasteiger partial charge in [0.2, 0.25) is 5.95 Å². The van der Waals surface area contributed by atoms with Crippen molar-refractivity contribution in [3.8, 4) is 0 Å². The van der Waals surface area contributed by atoms with Crippen molar-refractivity contribution in [2.24, 2.45) is 0 Å². The molecule has 44 heavy (non-hydrogen) atoms. The SMILES string of the molecule is O=c1[nH]c2cc(Cl)ccc2n1C1CCN(c2nc(NCc3ccccc3Sc3ccccc3CO)nc3ccccc23)CC1. The number of benzene rings is 4. The predicted molar refractivity (Wildman–Crippen MR) is 178 cm³/mol. The second kappa shape index (κ2) is 12.4. The summed E-state index contributed by atoms with van der Waals surface area (Å²) in [6.07, 6.45) is 1.63. The molecule has 10 heteroatoms. The maximum atomic E-state index is 12.9. The van der Waals surface area contributed by atoms with Gasteiger partial charge < -0.3 is 20.3 Å². The number of aliphatic hydroxyl groups is 1. The lowest BCUT2D eigenvalue weighted by molar-refractivity contribution is 0.279. The van der Waals surface area contributed by atoms with Crippen molar-refractivity contribution >= 4 is 57.1 Å². The Morgan fingerprint density at radius 2 is 1.61 bits per heavy atom. The molecule has 0 bridgehead atoms. The number of imidazole rings is 1. The fourth-order valence-corrected chi connectivity index (χ4v) is 7.20. The van der Waals surface area contributed by atoms with Gasteiger partial charge in [-0.25, -0.2) is 9.78 Å². The van der Waals surface area contributed by atoms with Gasteiger partial charge >= 0.3 is 5.69 Å². The van der Waals surface area contributed by atoms with Crippen LogP contribution in [0, 0.1) is 0 Å². The van der Waals surface area contributed by atoms with Crippen molar-refractivity contribution in [1.29, 1.82) is 0 Å². The summed E-state index contributed by atoms with van der Waals surface area (Å²) < 4.78 is 1.88. The highest BCUT2D eigenvalue weighted by Gasteiger charge is 2.26. The van der Waals surface area contributed by atoms with Crippen molar-refractivity contribution in [2.75, 3.05) is 23.3 Å². The van der Waals surface area contributed by atoms with Crippen LogP contribution in [0.2, 0.25) is 5.02 Å². The molecule has 6 aromatic rings. The van der Waals surface area contributed by atoms with Crippen molar-refractivity contribution in [2.45, 2.75) is 41.8 Å². The Balaban J connectivity index is 1.12. The zero-order chi connectivity index (χ0) is 30.0. The number of anilines is 2. The molecule has 0 atom stereocenters. The van der Waals surface area contributed by atoms with E-state index in [9.17, 15) is 9.90 Å². The Kier molecular flexibility index (Phi) is 7.99. The first-order valence-electron chi connectivity index (χ1n) is 14.7. The van der Waals surface area contributed by atoms with Gasteiger partial charge in [-0.2, -0.15) is 4.98 Å². The summed E-state index contributed by atoms with van der Waals surface area (Å²) in [5.41, 5.74) is 4.46. The summed E-state index contributed by atoms with van der Waals surface area (Å²) in [7, 11) is 0. The molecule has 0 aliphatic carbocycles. The van der Waals surface area contributed by atoms with Crippen LogP contribution in [0.5, 0.6) is 0 Å². The zero-order valence-corrected chi connectivity index (χ0v) is 25.5. The maximum Gasteiger partial charge on any atom is 0.326 e. The number of para-hydroxylation sites is 1. The molecule has 2 aromatic heterocycles. The summed E-state index contributed by atoms with van der Waals surface area (Å²) in [5.74, 6) is 1.47. The van der Waals surface area contributed by atoms with E-state index in [1.807, 2.05) is 71.3 Å². The number of halogens is 1. The van der Waals surface area contributed by atoms with Crippen LogP contribution in [-0.4, -0.2) is 37.7 Å². The first-order valence-corrected chi connectivity index (χ1v) is 15.9. The molecule has 1 saturated heterocycles. The third-order valence-electron chi connectivity index (χ3n) is 8.16. The number of hydrogen-bond acceptors (Lipinski definition) is 7. The molecule has 0 spiro atoms. The van der Waals surface area contributed by atoms with Crippen LogP contribution in [0.15, 0.2) is 106 Å². The van der Waals surface area contributed by atoms with E-state index < -0.39 is 0 Å². The van der Waals surface area contributed by atoms with Gasteiger partial charge in [-0.05, 0) is 66.4 Å². The highest BCUT2D eigenvalue weighted by Crippen LogP contribution is 2.34. The monoisotopic (exact) mass is 622 g/mol. The normalized spacial score (nSPS) is 14.0. The minimum atomic E-state index is -0.0991. The number of hydrogen-bond donors (Lipinski definition) is 3. The van der Waals surface area contributed by atoms with Gasteiger partial charge in [0.25, 0.3) is 0 Å². The molecule has 4 aromatic carbocycles.